The fourth-order valence-corrected chi connectivity index (χ4v) is 2.33. The monoisotopic (exact) mass is 292 g/mol. The van der Waals surface area contributed by atoms with Gasteiger partial charge in [-0.2, -0.15) is 0 Å². The van der Waals surface area contributed by atoms with Crippen LogP contribution in [0.5, 0.6) is 5.75 Å². The molecule has 0 heterocycles. The number of hydrogen-bond donors (Lipinski definition) is 2. The minimum atomic E-state index is -0.205. The highest BCUT2D eigenvalue weighted by molar-refractivity contribution is 5.96. The minimum Gasteiger partial charge on any atom is -0.507 e. The number of phenols is 1. The summed E-state index contributed by atoms with van der Waals surface area (Å²) in [5.74, 6) is 0.267. The number of aromatic hydroxyl groups is 1. The van der Waals surface area contributed by atoms with E-state index in [2.05, 4.69) is 31.0 Å². The minimum absolute atomic E-state index is 0.0317. The Balaban J connectivity index is 2.28. The van der Waals surface area contributed by atoms with Crippen LogP contribution < -0.4 is 5.32 Å². The fraction of sp³-hybridized carbons (Fsp3) is 0.588. The average molecular weight is 292 g/mol. The van der Waals surface area contributed by atoms with E-state index in [1.807, 2.05) is 0 Å². The number of phenolic OH excluding ortho intramolecular Hbond substituents is 1. The molecule has 0 aliphatic heterocycles. The van der Waals surface area contributed by atoms with Crippen LogP contribution in [-0.4, -0.2) is 42.1 Å². The maximum absolute atomic E-state index is 12.0. The zero-order chi connectivity index (χ0) is 15.7. The van der Waals surface area contributed by atoms with E-state index in [4.69, 9.17) is 0 Å². The Morgan fingerprint density at radius 3 is 2.57 bits per heavy atom. The summed E-state index contributed by atoms with van der Waals surface area (Å²) < 4.78 is 0. The molecule has 0 aliphatic rings. The molecule has 1 rings (SSSR count). The summed E-state index contributed by atoms with van der Waals surface area (Å²) in [6.07, 6.45) is 2.24. The summed E-state index contributed by atoms with van der Waals surface area (Å²) in [7, 11) is 0. The summed E-state index contributed by atoms with van der Waals surface area (Å²) in [5, 5.41) is 12.5. The standard InChI is InChI=1S/C17H28N2O2/c1-4-19(5-2)12-8-9-14(3)13-18-17(21)15-10-6-7-11-16(15)20/h6-7,10-11,14,20H,4-5,8-9,12-13H2,1-3H3,(H,18,21). The molecule has 4 nitrogen and oxygen atoms in total. The van der Waals surface area contributed by atoms with Crippen molar-refractivity contribution in [2.24, 2.45) is 5.92 Å². The van der Waals surface area contributed by atoms with Gasteiger partial charge in [0.15, 0.2) is 0 Å². The molecular formula is C17H28N2O2. The van der Waals surface area contributed by atoms with Gasteiger partial charge in [0.2, 0.25) is 0 Å². The van der Waals surface area contributed by atoms with Crippen molar-refractivity contribution in [2.75, 3.05) is 26.2 Å². The molecule has 0 saturated carbocycles. The first-order valence-electron chi connectivity index (χ1n) is 7.87. The van der Waals surface area contributed by atoms with E-state index < -0.39 is 0 Å². The predicted molar refractivity (Wildman–Crippen MR) is 86.6 cm³/mol. The Hall–Kier alpha value is -1.55. The number of para-hydroxylation sites is 1. The number of nitrogens with zero attached hydrogens (tertiary/aromatic N) is 1. The Bertz CT molecular complexity index is 431. The number of carbonyl (C=O) groups is 1. The zero-order valence-electron chi connectivity index (χ0n) is 13.4. The number of hydrogen-bond acceptors (Lipinski definition) is 3. The van der Waals surface area contributed by atoms with Crippen molar-refractivity contribution in [3.8, 4) is 5.75 Å². The summed E-state index contributed by atoms with van der Waals surface area (Å²) in [5.41, 5.74) is 0.341. The van der Waals surface area contributed by atoms with Crippen LogP contribution >= 0.6 is 0 Å². The molecule has 2 N–H and O–H groups in total. The van der Waals surface area contributed by atoms with Gasteiger partial charge < -0.3 is 15.3 Å². The SMILES string of the molecule is CCN(CC)CCCC(C)CNC(=O)c1ccccc1O. The average Bonchev–Trinajstić information content (AvgIpc) is 2.49. The second kappa shape index (κ2) is 9.40. The molecule has 1 atom stereocenters. The van der Waals surface area contributed by atoms with Crippen LogP contribution in [-0.2, 0) is 0 Å². The van der Waals surface area contributed by atoms with Crippen LogP contribution in [0.15, 0.2) is 24.3 Å². The molecule has 0 saturated heterocycles. The first kappa shape index (κ1) is 17.5. The number of benzene rings is 1. The topological polar surface area (TPSA) is 52.6 Å². The van der Waals surface area contributed by atoms with Crippen LogP contribution in [0, 0.1) is 5.92 Å². The molecule has 21 heavy (non-hydrogen) atoms. The quantitative estimate of drug-likeness (QED) is 0.736. The third-order valence-electron chi connectivity index (χ3n) is 3.83. The zero-order valence-corrected chi connectivity index (χ0v) is 13.4. The molecule has 118 valence electrons. The van der Waals surface area contributed by atoms with Gasteiger partial charge in [-0.1, -0.05) is 32.9 Å². The molecule has 1 aromatic carbocycles. The van der Waals surface area contributed by atoms with Gasteiger partial charge in [0.25, 0.3) is 5.91 Å². The van der Waals surface area contributed by atoms with E-state index in [1.165, 1.54) is 6.07 Å². The van der Waals surface area contributed by atoms with Crippen LogP contribution in [0.1, 0.15) is 44.0 Å². The van der Waals surface area contributed by atoms with E-state index in [9.17, 15) is 9.90 Å². The highest BCUT2D eigenvalue weighted by Gasteiger charge is 2.11. The summed E-state index contributed by atoms with van der Waals surface area (Å²) in [6.45, 7) is 10.5. The molecule has 4 heteroatoms. The molecule has 0 bridgehead atoms. The van der Waals surface area contributed by atoms with Crippen molar-refractivity contribution < 1.29 is 9.90 Å². The molecule has 1 amide bonds. The smallest absolute Gasteiger partial charge is 0.255 e. The summed E-state index contributed by atoms with van der Waals surface area (Å²) in [6, 6.07) is 6.63. The van der Waals surface area contributed by atoms with Crippen molar-refractivity contribution in [3.63, 3.8) is 0 Å². The van der Waals surface area contributed by atoms with E-state index in [0.29, 0.717) is 18.0 Å². The molecule has 1 aromatic rings. The lowest BCUT2D eigenvalue weighted by Crippen LogP contribution is -2.29. The summed E-state index contributed by atoms with van der Waals surface area (Å²) in [4.78, 5) is 14.4. The van der Waals surface area contributed by atoms with Gasteiger partial charge >= 0.3 is 0 Å². The van der Waals surface area contributed by atoms with Crippen molar-refractivity contribution in [1.29, 1.82) is 0 Å². The first-order valence-corrected chi connectivity index (χ1v) is 7.87. The third kappa shape index (κ3) is 6.17. The van der Waals surface area contributed by atoms with Crippen LogP contribution in [0.4, 0.5) is 0 Å². The lowest BCUT2D eigenvalue weighted by Gasteiger charge is -2.19. The molecule has 0 aliphatic carbocycles. The van der Waals surface area contributed by atoms with Gasteiger partial charge in [-0.15, -0.1) is 0 Å². The molecule has 0 fully saturated rings. The Labute approximate surface area is 128 Å². The molecular weight excluding hydrogens is 264 g/mol. The third-order valence-corrected chi connectivity index (χ3v) is 3.83. The Morgan fingerprint density at radius 2 is 1.95 bits per heavy atom. The highest BCUT2D eigenvalue weighted by Crippen LogP contribution is 2.15. The Kier molecular flexibility index (Phi) is 7.83. The van der Waals surface area contributed by atoms with E-state index >= 15 is 0 Å². The van der Waals surface area contributed by atoms with Gasteiger partial charge in [0.1, 0.15) is 5.75 Å². The van der Waals surface area contributed by atoms with Crippen LogP contribution in [0.3, 0.4) is 0 Å². The van der Waals surface area contributed by atoms with E-state index in [0.717, 1.165) is 32.5 Å². The van der Waals surface area contributed by atoms with Crippen LogP contribution in [0.25, 0.3) is 0 Å². The number of rotatable bonds is 9. The van der Waals surface area contributed by atoms with Gasteiger partial charge in [0.05, 0.1) is 5.56 Å². The first-order chi connectivity index (χ1) is 10.1. The number of nitrogens with one attached hydrogen (secondary N) is 1. The highest BCUT2D eigenvalue weighted by atomic mass is 16.3. The van der Waals surface area contributed by atoms with Crippen molar-refractivity contribution in [2.45, 2.75) is 33.6 Å². The van der Waals surface area contributed by atoms with E-state index in [-0.39, 0.29) is 11.7 Å². The molecule has 1 unspecified atom stereocenters. The largest absolute Gasteiger partial charge is 0.507 e. The molecule has 0 aromatic heterocycles. The van der Waals surface area contributed by atoms with Crippen molar-refractivity contribution in [3.05, 3.63) is 29.8 Å². The fourth-order valence-electron chi connectivity index (χ4n) is 2.33. The summed E-state index contributed by atoms with van der Waals surface area (Å²) >= 11 is 0. The predicted octanol–water partition coefficient (Wildman–Crippen LogP) is 2.88. The normalized spacial score (nSPS) is 12.4. The maximum atomic E-state index is 12.0. The second-order valence-electron chi connectivity index (χ2n) is 5.50. The maximum Gasteiger partial charge on any atom is 0.255 e. The van der Waals surface area contributed by atoms with Crippen molar-refractivity contribution >= 4 is 5.91 Å². The van der Waals surface area contributed by atoms with Gasteiger partial charge in [0, 0.05) is 6.54 Å². The van der Waals surface area contributed by atoms with E-state index in [1.54, 1.807) is 18.2 Å². The van der Waals surface area contributed by atoms with Gasteiger partial charge in [-0.3, -0.25) is 4.79 Å². The Morgan fingerprint density at radius 1 is 1.29 bits per heavy atom. The van der Waals surface area contributed by atoms with Crippen molar-refractivity contribution in [1.82, 2.24) is 10.2 Å². The van der Waals surface area contributed by atoms with Gasteiger partial charge in [-0.25, -0.2) is 0 Å². The molecule has 0 radical (unpaired) electrons. The number of carbonyl (C=O) groups excluding carboxylic acids is 1. The lowest BCUT2D eigenvalue weighted by atomic mass is 10.1. The van der Waals surface area contributed by atoms with Crippen LogP contribution in [0.2, 0.25) is 0 Å². The second-order valence-corrected chi connectivity index (χ2v) is 5.50. The van der Waals surface area contributed by atoms with Gasteiger partial charge in [-0.05, 0) is 50.5 Å². The number of amides is 1. The lowest BCUT2D eigenvalue weighted by molar-refractivity contribution is 0.0944. The molecule has 0 spiro atoms.